The summed E-state index contributed by atoms with van der Waals surface area (Å²) < 4.78 is 25.0. The molecule has 0 bridgehead atoms. The van der Waals surface area contributed by atoms with E-state index in [-0.39, 0.29) is 4.90 Å². The molecule has 21 heavy (non-hydrogen) atoms. The summed E-state index contributed by atoms with van der Waals surface area (Å²) >= 11 is 3.35. The Labute approximate surface area is 132 Å². The lowest BCUT2D eigenvalue weighted by Crippen LogP contribution is -2.12. The molecule has 0 fully saturated rings. The normalized spacial score (nSPS) is 11.6. The van der Waals surface area contributed by atoms with Crippen LogP contribution in [0.1, 0.15) is 18.2 Å². The molecule has 0 amide bonds. The minimum absolute atomic E-state index is 0.0792. The van der Waals surface area contributed by atoms with E-state index in [0.29, 0.717) is 11.0 Å². The fraction of sp³-hybridized carbons (Fsp3) is 0.308. The third-order valence-electron chi connectivity index (χ3n) is 3.07. The molecule has 1 aromatic heterocycles. The van der Waals surface area contributed by atoms with Gasteiger partial charge in [-0.25, -0.2) is 13.6 Å². The first-order valence-electron chi connectivity index (χ1n) is 6.39. The maximum absolute atomic E-state index is 11.3. The van der Waals surface area contributed by atoms with Gasteiger partial charge in [0.15, 0.2) is 0 Å². The number of benzene rings is 1. The molecular formula is C13H17BrN4O2S. The summed E-state index contributed by atoms with van der Waals surface area (Å²) in [6.07, 6.45) is 2.84. The van der Waals surface area contributed by atoms with Gasteiger partial charge in [-0.2, -0.15) is 5.10 Å². The number of nitrogens with one attached hydrogen (secondary N) is 1. The lowest BCUT2D eigenvalue weighted by Gasteiger charge is -2.09. The number of aryl methyl sites for hydroxylation is 2. The predicted octanol–water partition coefficient (Wildman–Crippen LogP) is 2.00. The van der Waals surface area contributed by atoms with Crippen LogP contribution in [0.2, 0.25) is 0 Å². The van der Waals surface area contributed by atoms with Gasteiger partial charge >= 0.3 is 0 Å². The van der Waals surface area contributed by atoms with Crippen LogP contribution in [0.5, 0.6) is 0 Å². The molecule has 3 N–H and O–H groups in total. The molecule has 2 rings (SSSR count). The molecule has 114 valence electrons. The van der Waals surface area contributed by atoms with Gasteiger partial charge in [-0.3, -0.25) is 4.68 Å². The topological polar surface area (TPSA) is 90.0 Å². The highest BCUT2D eigenvalue weighted by Gasteiger charge is 2.11. The van der Waals surface area contributed by atoms with Gasteiger partial charge in [0.25, 0.3) is 0 Å². The van der Waals surface area contributed by atoms with Crippen LogP contribution in [0.3, 0.4) is 0 Å². The van der Waals surface area contributed by atoms with Crippen LogP contribution in [-0.4, -0.2) is 18.2 Å². The Bertz CT molecular complexity index is 756. The number of rotatable bonds is 5. The summed E-state index contributed by atoms with van der Waals surface area (Å²) in [7, 11) is -1.80. The van der Waals surface area contributed by atoms with Crippen LogP contribution in [0.25, 0.3) is 0 Å². The van der Waals surface area contributed by atoms with Gasteiger partial charge < -0.3 is 5.32 Å². The van der Waals surface area contributed by atoms with E-state index in [1.165, 1.54) is 12.1 Å². The SMILES string of the molecule is CCc1nn(C)cc1CNc1ccc(S(N)(=O)=O)cc1Br. The largest absolute Gasteiger partial charge is 0.380 e. The fourth-order valence-corrected chi connectivity index (χ4v) is 3.25. The molecule has 0 unspecified atom stereocenters. The average Bonchev–Trinajstić information content (AvgIpc) is 2.76. The van der Waals surface area contributed by atoms with Crippen molar-refractivity contribution in [1.29, 1.82) is 0 Å². The summed E-state index contributed by atoms with van der Waals surface area (Å²) in [6.45, 7) is 2.67. The standard InChI is InChI=1S/C13H17BrN4O2S/c1-3-12-9(8-18(2)17-12)7-16-13-5-4-10(6-11(13)14)21(15,19)20/h4-6,8,16H,3,7H2,1-2H3,(H2,15,19,20). The number of primary sulfonamides is 1. The van der Waals surface area contributed by atoms with Crippen molar-refractivity contribution in [3.63, 3.8) is 0 Å². The van der Waals surface area contributed by atoms with E-state index in [2.05, 4.69) is 33.3 Å². The zero-order valence-corrected chi connectivity index (χ0v) is 14.2. The molecule has 1 heterocycles. The fourth-order valence-electron chi connectivity index (χ4n) is 2.04. The van der Waals surface area contributed by atoms with E-state index < -0.39 is 10.0 Å². The van der Waals surface area contributed by atoms with Crippen molar-refractivity contribution in [2.24, 2.45) is 12.2 Å². The van der Waals surface area contributed by atoms with E-state index in [9.17, 15) is 8.42 Å². The number of anilines is 1. The van der Waals surface area contributed by atoms with Crippen molar-refractivity contribution in [1.82, 2.24) is 9.78 Å². The minimum atomic E-state index is -3.69. The van der Waals surface area contributed by atoms with Gasteiger partial charge in [0, 0.05) is 35.5 Å². The molecule has 0 saturated carbocycles. The van der Waals surface area contributed by atoms with Crippen molar-refractivity contribution in [3.8, 4) is 0 Å². The second-order valence-corrected chi connectivity index (χ2v) is 7.08. The number of aromatic nitrogens is 2. The second-order valence-electron chi connectivity index (χ2n) is 4.67. The molecule has 1 aromatic carbocycles. The van der Waals surface area contributed by atoms with Crippen molar-refractivity contribution in [2.75, 3.05) is 5.32 Å². The van der Waals surface area contributed by atoms with Gasteiger partial charge in [-0.15, -0.1) is 0 Å². The first-order chi connectivity index (χ1) is 9.81. The monoisotopic (exact) mass is 372 g/mol. The van der Waals surface area contributed by atoms with Crippen LogP contribution < -0.4 is 10.5 Å². The Balaban J connectivity index is 2.17. The third kappa shape index (κ3) is 3.84. The van der Waals surface area contributed by atoms with Crippen molar-refractivity contribution >= 4 is 31.6 Å². The number of hydrogen-bond donors (Lipinski definition) is 2. The number of nitrogens with two attached hydrogens (primary N) is 1. The molecule has 0 atom stereocenters. The van der Waals surface area contributed by atoms with Gasteiger partial charge in [0.2, 0.25) is 10.0 Å². The van der Waals surface area contributed by atoms with Gasteiger partial charge in [0.1, 0.15) is 0 Å². The Kier molecular flexibility index (Phi) is 4.70. The van der Waals surface area contributed by atoms with E-state index in [1.807, 2.05) is 13.2 Å². The third-order valence-corrected chi connectivity index (χ3v) is 4.63. The van der Waals surface area contributed by atoms with Crippen LogP contribution in [0.4, 0.5) is 5.69 Å². The molecule has 0 aliphatic rings. The Hall–Kier alpha value is -1.38. The quantitative estimate of drug-likeness (QED) is 0.839. The lowest BCUT2D eigenvalue weighted by atomic mass is 10.2. The van der Waals surface area contributed by atoms with Crippen LogP contribution in [0.15, 0.2) is 33.8 Å². The van der Waals surface area contributed by atoms with Crippen LogP contribution in [0, 0.1) is 0 Å². The number of sulfonamides is 1. The molecule has 0 spiro atoms. The molecule has 0 saturated heterocycles. The molecule has 0 aliphatic heterocycles. The number of hydrogen-bond acceptors (Lipinski definition) is 4. The Morgan fingerprint density at radius 1 is 1.43 bits per heavy atom. The Morgan fingerprint density at radius 2 is 2.14 bits per heavy atom. The van der Waals surface area contributed by atoms with E-state index in [1.54, 1.807) is 10.7 Å². The highest BCUT2D eigenvalue weighted by atomic mass is 79.9. The Morgan fingerprint density at radius 3 is 2.71 bits per heavy atom. The zero-order chi connectivity index (χ0) is 15.6. The molecule has 0 radical (unpaired) electrons. The molecule has 6 nitrogen and oxygen atoms in total. The molecule has 8 heteroatoms. The predicted molar refractivity (Wildman–Crippen MR) is 85.4 cm³/mol. The van der Waals surface area contributed by atoms with Gasteiger partial charge in [-0.1, -0.05) is 6.92 Å². The van der Waals surface area contributed by atoms with Crippen molar-refractivity contribution in [2.45, 2.75) is 24.8 Å². The minimum Gasteiger partial charge on any atom is -0.380 e. The summed E-state index contributed by atoms with van der Waals surface area (Å²) in [5.74, 6) is 0. The van der Waals surface area contributed by atoms with Gasteiger partial charge in [0.05, 0.1) is 10.6 Å². The lowest BCUT2D eigenvalue weighted by molar-refractivity contribution is 0.598. The molecule has 0 aliphatic carbocycles. The van der Waals surface area contributed by atoms with Crippen molar-refractivity contribution < 1.29 is 8.42 Å². The average molecular weight is 373 g/mol. The van der Waals surface area contributed by atoms with Crippen LogP contribution in [-0.2, 0) is 30.0 Å². The highest BCUT2D eigenvalue weighted by Crippen LogP contribution is 2.26. The highest BCUT2D eigenvalue weighted by molar-refractivity contribution is 9.10. The maximum atomic E-state index is 11.3. The van der Waals surface area contributed by atoms with Crippen molar-refractivity contribution in [3.05, 3.63) is 40.1 Å². The van der Waals surface area contributed by atoms with E-state index in [0.717, 1.165) is 23.4 Å². The number of halogens is 1. The summed E-state index contributed by atoms with van der Waals surface area (Å²) in [6, 6.07) is 4.65. The van der Waals surface area contributed by atoms with E-state index in [4.69, 9.17) is 5.14 Å². The van der Waals surface area contributed by atoms with E-state index >= 15 is 0 Å². The van der Waals surface area contributed by atoms with Crippen LogP contribution >= 0.6 is 15.9 Å². The molecule has 2 aromatic rings. The zero-order valence-electron chi connectivity index (χ0n) is 11.8. The summed E-state index contributed by atoms with van der Waals surface area (Å²) in [5.41, 5.74) is 2.96. The maximum Gasteiger partial charge on any atom is 0.238 e. The summed E-state index contributed by atoms with van der Waals surface area (Å²) in [5, 5.41) is 12.7. The first-order valence-corrected chi connectivity index (χ1v) is 8.72. The van der Waals surface area contributed by atoms with Gasteiger partial charge in [-0.05, 0) is 40.5 Å². The molecular weight excluding hydrogens is 356 g/mol. The first kappa shape index (κ1) is 16.0. The second kappa shape index (κ2) is 6.17. The summed E-state index contributed by atoms with van der Waals surface area (Å²) in [4.78, 5) is 0.0792. The number of nitrogens with zero attached hydrogens (tertiary/aromatic N) is 2. The smallest absolute Gasteiger partial charge is 0.238 e.